The Bertz CT molecular complexity index is 582. The summed E-state index contributed by atoms with van der Waals surface area (Å²) >= 11 is 0. The molecule has 0 radical (unpaired) electrons. The van der Waals surface area contributed by atoms with Crippen molar-refractivity contribution in [3.63, 3.8) is 0 Å². The van der Waals surface area contributed by atoms with Gasteiger partial charge in [-0.25, -0.2) is 0 Å². The molecule has 0 unspecified atom stereocenters. The number of hydrogen-bond donors (Lipinski definition) is 0. The lowest BCUT2D eigenvalue weighted by atomic mass is 9.95. The van der Waals surface area contributed by atoms with E-state index < -0.39 is 0 Å². The van der Waals surface area contributed by atoms with Crippen LogP contribution in [0.2, 0.25) is 0 Å². The molecule has 1 heteroatoms. The van der Waals surface area contributed by atoms with Crippen molar-refractivity contribution >= 4 is 6.29 Å². The highest BCUT2D eigenvalue weighted by Gasteiger charge is 2.05. The van der Waals surface area contributed by atoms with Gasteiger partial charge < -0.3 is 0 Å². The molecular formula is C18H20O. The first-order valence-electron chi connectivity index (χ1n) is 6.75. The van der Waals surface area contributed by atoms with Gasteiger partial charge in [0.1, 0.15) is 6.29 Å². The summed E-state index contributed by atoms with van der Waals surface area (Å²) in [4.78, 5) is 10.8. The minimum Gasteiger partial charge on any atom is -0.298 e. The van der Waals surface area contributed by atoms with Gasteiger partial charge in [-0.3, -0.25) is 4.79 Å². The summed E-state index contributed by atoms with van der Waals surface area (Å²) in [6.45, 7) is 6.52. The van der Waals surface area contributed by atoms with Crippen LogP contribution in [0.1, 0.15) is 35.3 Å². The Balaban J connectivity index is 2.38. The second-order valence-corrected chi connectivity index (χ2v) is 5.49. The minimum atomic E-state index is 0.661. The molecule has 19 heavy (non-hydrogen) atoms. The molecule has 1 nitrogen and oxygen atoms in total. The number of carbonyl (C=O) groups is 1. The third-order valence-electron chi connectivity index (χ3n) is 3.27. The van der Waals surface area contributed by atoms with E-state index in [2.05, 4.69) is 45.0 Å². The highest BCUT2D eigenvalue weighted by atomic mass is 16.1. The number of carbonyl (C=O) groups excluding carboxylic acids is 1. The molecule has 98 valence electrons. The molecule has 2 aromatic carbocycles. The molecule has 2 aromatic rings. The van der Waals surface area contributed by atoms with Crippen LogP contribution in [0.3, 0.4) is 0 Å². The lowest BCUT2D eigenvalue weighted by Crippen LogP contribution is -1.94. The Morgan fingerprint density at radius 2 is 1.89 bits per heavy atom. The lowest BCUT2D eigenvalue weighted by Gasteiger charge is -2.10. The number of rotatable bonds is 4. The Morgan fingerprint density at radius 1 is 1.11 bits per heavy atom. The molecule has 0 spiro atoms. The monoisotopic (exact) mass is 252 g/mol. The van der Waals surface area contributed by atoms with Crippen LogP contribution in [-0.4, -0.2) is 6.29 Å². The molecule has 0 heterocycles. The van der Waals surface area contributed by atoms with Crippen molar-refractivity contribution in [2.75, 3.05) is 0 Å². The molecule has 0 aliphatic rings. The van der Waals surface area contributed by atoms with Gasteiger partial charge in [-0.2, -0.15) is 0 Å². The topological polar surface area (TPSA) is 17.1 Å². The number of benzene rings is 2. The van der Waals surface area contributed by atoms with E-state index in [1.54, 1.807) is 0 Å². The first kappa shape index (κ1) is 13.5. The molecule has 0 bridgehead atoms. The van der Waals surface area contributed by atoms with Gasteiger partial charge in [0, 0.05) is 5.56 Å². The Kier molecular flexibility index (Phi) is 4.16. The third kappa shape index (κ3) is 3.31. The van der Waals surface area contributed by atoms with Crippen LogP contribution < -0.4 is 0 Å². The summed E-state index contributed by atoms with van der Waals surface area (Å²) in [5.41, 5.74) is 5.68. The van der Waals surface area contributed by atoms with E-state index in [4.69, 9.17) is 0 Å². The van der Waals surface area contributed by atoms with Gasteiger partial charge in [-0.05, 0) is 47.6 Å². The quantitative estimate of drug-likeness (QED) is 0.722. The molecular weight excluding hydrogens is 232 g/mol. The van der Waals surface area contributed by atoms with Crippen molar-refractivity contribution in [2.24, 2.45) is 5.92 Å². The molecule has 0 N–H and O–H groups in total. The van der Waals surface area contributed by atoms with Crippen LogP contribution in [0.15, 0.2) is 42.5 Å². The van der Waals surface area contributed by atoms with Crippen LogP contribution >= 0.6 is 0 Å². The van der Waals surface area contributed by atoms with Crippen molar-refractivity contribution in [3.05, 3.63) is 59.2 Å². The Labute approximate surface area is 115 Å². The summed E-state index contributed by atoms with van der Waals surface area (Å²) in [7, 11) is 0. The lowest BCUT2D eigenvalue weighted by molar-refractivity contribution is 0.112. The molecule has 0 atom stereocenters. The summed E-state index contributed by atoms with van der Waals surface area (Å²) in [6, 6.07) is 14.5. The molecule has 0 fully saturated rings. The molecule has 0 saturated carbocycles. The van der Waals surface area contributed by atoms with Crippen molar-refractivity contribution in [2.45, 2.75) is 27.2 Å². The van der Waals surface area contributed by atoms with Crippen molar-refractivity contribution in [1.29, 1.82) is 0 Å². The van der Waals surface area contributed by atoms with E-state index in [0.29, 0.717) is 5.92 Å². The van der Waals surface area contributed by atoms with Crippen molar-refractivity contribution in [1.82, 2.24) is 0 Å². The van der Waals surface area contributed by atoms with Crippen LogP contribution in [-0.2, 0) is 6.42 Å². The maximum Gasteiger partial charge on any atom is 0.150 e. The van der Waals surface area contributed by atoms with Gasteiger partial charge in [0.25, 0.3) is 0 Å². The van der Waals surface area contributed by atoms with Gasteiger partial charge in [-0.15, -0.1) is 0 Å². The fraction of sp³-hybridized carbons (Fsp3) is 0.278. The van der Waals surface area contributed by atoms with Gasteiger partial charge >= 0.3 is 0 Å². The summed E-state index contributed by atoms with van der Waals surface area (Å²) in [6.07, 6.45) is 1.99. The van der Waals surface area contributed by atoms with Crippen LogP contribution in [0.5, 0.6) is 0 Å². The summed E-state index contributed by atoms with van der Waals surface area (Å²) < 4.78 is 0. The number of hydrogen-bond acceptors (Lipinski definition) is 1. The summed E-state index contributed by atoms with van der Waals surface area (Å²) in [5.74, 6) is 0.661. The normalized spacial score (nSPS) is 10.7. The molecule has 0 aliphatic carbocycles. The predicted octanol–water partition coefficient (Wildman–Crippen LogP) is 4.67. The zero-order chi connectivity index (χ0) is 13.8. The van der Waals surface area contributed by atoms with E-state index in [9.17, 15) is 4.79 Å². The first-order valence-corrected chi connectivity index (χ1v) is 6.75. The Hall–Kier alpha value is -1.89. The van der Waals surface area contributed by atoms with Gasteiger partial charge in [0.2, 0.25) is 0 Å². The van der Waals surface area contributed by atoms with Crippen molar-refractivity contribution in [3.8, 4) is 11.1 Å². The largest absolute Gasteiger partial charge is 0.298 e. The van der Waals surface area contributed by atoms with Crippen LogP contribution in [0.25, 0.3) is 11.1 Å². The molecule has 0 saturated heterocycles. The smallest absolute Gasteiger partial charge is 0.150 e. The van der Waals surface area contributed by atoms with Crippen LogP contribution in [0.4, 0.5) is 0 Å². The Morgan fingerprint density at radius 3 is 2.53 bits per heavy atom. The van der Waals surface area contributed by atoms with E-state index >= 15 is 0 Å². The number of aldehydes is 1. The molecule has 0 aromatic heterocycles. The van der Waals surface area contributed by atoms with Gasteiger partial charge in [0.15, 0.2) is 0 Å². The molecule has 0 amide bonds. The van der Waals surface area contributed by atoms with E-state index in [-0.39, 0.29) is 0 Å². The minimum absolute atomic E-state index is 0.661. The zero-order valence-corrected chi connectivity index (χ0v) is 11.8. The second kappa shape index (κ2) is 5.83. The zero-order valence-electron chi connectivity index (χ0n) is 11.8. The van der Waals surface area contributed by atoms with Gasteiger partial charge in [-0.1, -0.05) is 50.2 Å². The van der Waals surface area contributed by atoms with Gasteiger partial charge in [0.05, 0.1) is 0 Å². The maximum atomic E-state index is 10.8. The second-order valence-electron chi connectivity index (χ2n) is 5.49. The average Bonchev–Trinajstić information content (AvgIpc) is 2.38. The first-order chi connectivity index (χ1) is 9.10. The van der Waals surface area contributed by atoms with Crippen molar-refractivity contribution < 1.29 is 4.79 Å². The molecule has 0 aliphatic heterocycles. The maximum absolute atomic E-state index is 10.8. The average molecular weight is 252 g/mol. The standard InChI is InChI=1S/C18H20O/c1-13(2)9-15-5-4-6-17(11-15)18-8-7-16(12-19)10-14(18)3/h4-8,10-13H,9H2,1-3H3. The SMILES string of the molecule is Cc1cc(C=O)ccc1-c1cccc(CC(C)C)c1. The fourth-order valence-electron chi connectivity index (χ4n) is 2.42. The van der Waals surface area contributed by atoms with Crippen LogP contribution in [0, 0.1) is 12.8 Å². The fourth-order valence-corrected chi connectivity index (χ4v) is 2.42. The summed E-state index contributed by atoms with van der Waals surface area (Å²) in [5, 5.41) is 0. The van der Waals surface area contributed by atoms with E-state index in [1.165, 1.54) is 16.7 Å². The molecule has 2 rings (SSSR count). The third-order valence-corrected chi connectivity index (χ3v) is 3.27. The highest BCUT2D eigenvalue weighted by molar-refractivity contribution is 5.78. The number of aryl methyl sites for hydroxylation is 1. The predicted molar refractivity (Wildman–Crippen MR) is 80.5 cm³/mol. The van der Waals surface area contributed by atoms with E-state index in [0.717, 1.165) is 23.8 Å². The van der Waals surface area contributed by atoms with E-state index in [1.807, 2.05) is 18.2 Å². The highest BCUT2D eigenvalue weighted by Crippen LogP contribution is 2.25.